The number of amides is 1. The highest BCUT2D eigenvalue weighted by atomic mass is 16.5. The van der Waals surface area contributed by atoms with E-state index in [1.165, 1.54) is 0 Å². The van der Waals surface area contributed by atoms with E-state index in [1.807, 2.05) is 32.0 Å². The van der Waals surface area contributed by atoms with E-state index in [2.05, 4.69) is 15.9 Å². The summed E-state index contributed by atoms with van der Waals surface area (Å²) >= 11 is 0. The van der Waals surface area contributed by atoms with Crippen LogP contribution in [0, 0.1) is 5.41 Å². The van der Waals surface area contributed by atoms with Crippen molar-refractivity contribution in [2.75, 3.05) is 50.7 Å². The summed E-state index contributed by atoms with van der Waals surface area (Å²) in [5.74, 6) is 0.944. The summed E-state index contributed by atoms with van der Waals surface area (Å²) in [7, 11) is 0. The second kappa shape index (κ2) is 10.6. The molecule has 1 amide bonds. The molecule has 1 aromatic carbocycles. The predicted molar refractivity (Wildman–Crippen MR) is 119 cm³/mol. The Kier molecular flexibility index (Phi) is 7.85. The van der Waals surface area contributed by atoms with Crippen molar-refractivity contribution < 1.29 is 14.3 Å². The molecule has 7 heteroatoms. The number of hydrogen-bond donors (Lipinski definition) is 1. The van der Waals surface area contributed by atoms with Gasteiger partial charge in [0.25, 0.3) is 0 Å². The van der Waals surface area contributed by atoms with Gasteiger partial charge in [0.05, 0.1) is 18.3 Å². The molecule has 0 bridgehead atoms. The van der Waals surface area contributed by atoms with E-state index in [9.17, 15) is 9.59 Å². The minimum Gasteiger partial charge on any atom is -0.489 e. The molecule has 0 spiro atoms. The summed E-state index contributed by atoms with van der Waals surface area (Å²) in [5.41, 5.74) is 1.55. The fraction of sp³-hybridized carbons (Fsp3) is 0.609. The van der Waals surface area contributed by atoms with Crippen LogP contribution in [0.4, 0.5) is 5.69 Å². The molecular formula is C23H34N4O3. The summed E-state index contributed by atoms with van der Waals surface area (Å²) in [6, 6.07) is 8.13. The lowest BCUT2D eigenvalue weighted by atomic mass is 10.1. The van der Waals surface area contributed by atoms with Gasteiger partial charge in [0, 0.05) is 57.8 Å². The number of nitrogens with one attached hydrogen (secondary N) is 1. The molecule has 7 nitrogen and oxygen atoms in total. The highest BCUT2D eigenvalue weighted by Gasteiger charge is 2.23. The van der Waals surface area contributed by atoms with Gasteiger partial charge in [-0.2, -0.15) is 0 Å². The van der Waals surface area contributed by atoms with E-state index in [-0.39, 0.29) is 30.8 Å². The molecule has 2 aliphatic rings. The van der Waals surface area contributed by atoms with Crippen molar-refractivity contribution in [3.63, 3.8) is 0 Å². The predicted octanol–water partition coefficient (Wildman–Crippen LogP) is 2.59. The highest BCUT2D eigenvalue weighted by Crippen LogP contribution is 2.29. The zero-order valence-electron chi connectivity index (χ0n) is 18.2. The van der Waals surface area contributed by atoms with Gasteiger partial charge in [-0.25, -0.2) is 0 Å². The van der Waals surface area contributed by atoms with Crippen LogP contribution in [0.25, 0.3) is 0 Å². The smallest absolute Gasteiger partial charge is 0.222 e. The molecule has 2 fully saturated rings. The van der Waals surface area contributed by atoms with Gasteiger partial charge in [0.1, 0.15) is 5.75 Å². The monoisotopic (exact) mass is 414 g/mol. The number of para-hydroxylation sites is 2. The molecule has 3 rings (SSSR count). The Morgan fingerprint density at radius 3 is 2.50 bits per heavy atom. The van der Waals surface area contributed by atoms with Crippen LogP contribution in [0.15, 0.2) is 24.3 Å². The molecule has 1 aromatic rings. The SMILES string of the molecule is CC(C)Oc1ccccc1N1CCN(CC(=N)CC(=O)CN2CCCCC2=O)CC1. The average molecular weight is 415 g/mol. The van der Waals surface area contributed by atoms with Gasteiger partial charge in [-0.15, -0.1) is 0 Å². The first-order chi connectivity index (χ1) is 14.4. The summed E-state index contributed by atoms with van der Waals surface area (Å²) in [4.78, 5) is 30.4. The second-order valence-corrected chi connectivity index (χ2v) is 8.49. The van der Waals surface area contributed by atoms with Gasteiger partial charge < -0.3 is 19.9 Å². The molecule has 30 heavy (non-hydrogen) atoms. The number of Topliss-reactive ketones (excluding diaryl/α,β-unsaturated/α-hetero) is 1. The first-order valence-corrected chi connectivity index (χ1v) is 11.0. The molecule has 2 aliphatic heterocycles. The maximum atomic E-state index is 12.3. The van der Waals surface area contributed by atoms with E-state index in [0.29, 0.717) is 25.2 Å². The van der Waals surface area contributed by atoms with Gasteiger partial charge >= 0.3 is 0 Å². The van der Waals surface area contributed by atoms with Crippen molar-refractivity contribution in [2.45, 2.75) is 45.6 Å². The number of rotatable bonds is 9. The number of piperazine rings is 1. The first kappa shape index (κ1) is 22.3. The molecular weight excluding hydrogens is 380 g/mol. The van der Waals surface area contributed by atoms with E-state index in [4.69, 9.17) is 10.1 Å². The molecule has 164 valence electrons. The van der Waals surface area contributed by atoms with Gasteiger partial charge in [-0.3, -0.25) is 14.5 Å². The number of benzene rings is 1. The van der Waals surface area contributed by atoms with Crippen LogP contribution in [-0.2, 0) is 9.59 Å². The van der Waals surface area contributed by atoms with Crippen molar-refractivity contribution in [3.8, 4) is 5.75 Å². The van der Waals surface area contributed by atoms with Crippen LogP contribution in [0.2, 0.25) is 0 Å². The fourth-order valence-corrected chi connectivity index (χ4v) is 4.08. The van der Waals surface area contributed by atoms with Crippen molar-refractivity contribution in [2.24, 2.45) is 0 Å². The summed E-state index contributed by atoms with van der Waals surface area (Å²) in [6.45, 7) is 8.81. The Morgan fingerprint density at radius 1 is 1.07 bits per heavy atom. The van der Waals surface area contributed by atoms with Gasteiger partial charge in [-0.1, -0.05) is 12.1 Å². The quantitative estimate of drug-likeness (QED) is 0.629. The van der Waals surface area contributed by atoms with Gasteiger partial charge in [-0.05, 0) is 38.8 Å². The Morgan fingerprint density at radius 2 is 1.80 bits per heavy atom. The number of ketones is 1. The maximum Gasteiger partial charge on any atom is 0.222 e. The molecule has 0 aromatic heterocycles. The van der Waals surface area contributed by atoms with Crippen molar-refractivity contribution in [3.05, 3.63) is 24.3 Å². The maximum absolute atomic E-state index is 12.3. The molecule has 0 unspecified atom stereocenters. The largest absolute Gasteiger partial charge is 0.489 e. The zero-order chi connectivity index (χ0) is 21.5. The third kappa shape index (κ3) is 6.29. The van der Waals surface area contributed by atoms with Crippen LogP contribution in [0.3, 0.4) is 0 Å². The number of hydrogen-bond acceptors (Lipinski definition) is 6. The summed E-state index contributed by atoms with van der Waals surface area (Å²) in [5, 5.41) is 8.25. The molecule has 2 saturated heterocycles. The topological polar surface area (TPSA) is 76.9 Å². The lowest BCUT2D eigenvalue weighted by Crippen LogP contribution is -2.48. The van der Waals surface area contributed by atoms with E-state index in [1.54, 1.807) is 4.90 Å². The minimum atomic E-state index is -0.0337. The highest BCUT2D eigenvalue weighted by molar-refractivity contribution is 6.03. The van der Waals surface area contributed by atoms with Gasteiger partial charge in [0.15, 0.2) is 5.78 Å². The van der Waals surface area contributed by atoms with Crippen molar-refractivity contribution >= 4 is 23.1 Å². The molecule has 1 N–H and O–H groups in total. The zero-order valence-corrected chi connectivity index (χ0v) is 18.2. The summed E-state index contributed by atoms with van der Waals surface area (Å²) < 4.78 is 5.95. The van der Waals surface area contributed by atoms with Crippen molar-refractivity contribution in [1.82, 2.24) is 9.80 Å². The average Bonchev–Trinajstić information content (AvgIpc) is 2.70. The number of piperidine rings is 1. The number of anilines is 1. The van der Waals surface area contributed by atoms with Gasteiger partial charge in [0.2, 0.25) is 5.91 Å². The first-order valence-electron chi connectivity index (χ1n) is 11.0. The van der Waals surface area contributed by atoms with Crippen LogP contribution >= 0.6 is 0 Å². The number of carbonyl (C=O) groups excluding carboxylic acids is 2. The Balaban J connectivity index is 1.44. The normalized spacial score (nSPS) is 18.0. The molecule has 0 aliphatic carbocycles. The van der Waals surface area contributed by atoms with E-state index >= 15 is 0 Å². The Labute approximate surface area is 179 Å². The minimum absolute atomic E-state index is 0.0337. The molecule has 2 heterocycles. The lowest BCUT2D eigenvalue weighted by Gasteiger charge is -2.37. The fourth-order valence-electron chi connectivity index (χ4n) is 4.08. The lowest BCUT2D eigenvalue weighted by molar-refractivity contribution is -0.136. The van der Waals surface area contributed by atoms with Crippen LogP contribution in [0.1, 0.15) is 39.5 Å². The Hall–Kier alpha value is -2.41. The molecule has 0 radical (unpaired) electrons. The van der Waals surface area contributed by atoms with Crippen molar-refractivity contribution in [1.29, 1.82) is 5.41 Å². The molecule has 0 saturated carbocycles. The third-order valence-corrected chi connectivity index (χ3v) is 5.55. The van der Waals surface area contributed by atoms with E-state index in [0.717, 1.165) is 50.5 Å². The summed E-state index contributed by atoms with van der Waals surface area (Å²) in [6.07, 6.45) is 2.69. The second-order valence-electron chi connectivity index (χ2n) is 8.49. The van der Waals surface area contributed by atoms with Crippen LogP contribution < -0.4 is 9.64 Å². The van der Waals surface area contributed by atoms with E-state index < -0.39 is 0 Å². The van der Waals surface area contributed by atoms with Crippen LogP contribution in [0.5, 0.6) is 5.75 Å². The standard InChI is InChI=1S/C23H34N4O3/c1-18(2)30-22-8-4-3-7-21(22)26-13-11-25(12-14-26)16-19(24)15-20(28)17-27-10-6-5-9-23(27)29/h3-4,7-8,18,24H,5-6,9-17H2,1-2H3. The van der Waals surface area contributed by atoms with Crippen LogP contribution in [-0.4, -0.2) is 79.1 Å². The number of likely N-dealkylation sites (tertiary alicyclic amines) is 1. The third-order valence-electron chi connectivity index (χ3n) is 5.55. The number of carbonyl (C=O) groups is 2. The number of nitrogens with zero attached hydrogens (tertiary/aromatic N) is 3. The number of ether oxygens (including phenoxy) is 1. The molecule has 0 atom stereocenters. The Bertz CT molecular complexity index is 757.